The quantitative estimate of drug-likeness (QED) is 0.639. The standard InChI is InChI=1S/C10H16N2O3S2/c1-7(13)9-6-8(12(14)15)10(17-9)11(2)4-5-16-3/h6-7,13H,4-5H2,1-3H3/t7-/m1/s1. The summed E-state index contributed by atoms with van der Waals surface area (Å²) >= 11 is 2.98. The van der Waals surface area contributed by atoms with Gasteiger partial charge in [-0.15, -0.1) is 11.3 Å². The van der Waals surface area contributed by atoms with Crippen LogP contribution in [-0.4, -0.2) is 35.6 Å². The third kappa shape index (κ3) is 3.58. The largest absolute Gasteiger partial charge is 0.388 e. The molecule has 1 N–H and O–H groups in total. The van der Waals surface area contributed by atoms with Crippen molar-refractivity contribution < 1.29 is 10.0 Å². The second-order valence-electron chi connectivity index (χ2n) is 3.69. The molecule has 0 amide bonds. The maximum atomic E-state index is 10.9. The Bertz CT molecular complexity index is 393. The van der Waals surface area contributed by atoms with E-state index >= 15 is 0 Å². The van der Waals surface area contributed by atoms with Gasteiger partial charge in [0.05, 0.1) is 11.0 Å². The molecule has 7 heteroatoms. The Morgan fingerprint density at radius 3 is 2.82 bits per heavy atom. The lowest BCUT2D eigenvalue weighted by atomic mass is 10.3. The molecule has 1 atom stereocenters. The minimum absolute atomic E-state index is 0.0782. The molecule has 0 aliphatic heterocycles. The summed E-state index contributed by atoms with van der Waals surface area (Å²) in [6.45, 7) is 2.36. The molecule has 1 rings (SSSR count). The first-order chi connectivity index (χ1) is 7.97. The van der Waals surface area contributed by atoms with Gasteiger partial charge in [-0.25, -0.2) is 0 Å². The number of aliphatic hydroxyl groups excluding tert-OH is 1. The van der Waals surface area contributed by atoms with Crippen molar-refractivity contribution >= 4 is 33.8 Å². The molecule has 1 aromatic rings. The summed E-state index contributed by atoms with van der Waals surface area (Å²) in [5.41, 5.74) is 0.0782. The number of nitrogens with zero attached hydrogens (tertiary/aromatic N) is 2. The molecule has 5 nitrogen and oxygen atoms in total. The number of aliphatic hydroxyl groups is 1. The highest BCUT2D eigenvalue weighted by Crippen LogP contribution is 2.39. The summed E-state index contributed by atoms with van der Waals surface area (Å²) < 4.78 is 0. The van der Waals surface area contributed by atoms with Gasteiger partial charge in [0.15, 0.2) is 5.00 Å². The third-order valence-corrected chi connectivity index (χ3v) is 4.30. The lowest BCUT2D eigenvalue weighted by molar-refractivity contribution is -0.383. The number of rotatable bonds is 6. The van der Waals surface area contributed by atoms with E-state index in [4.69, 9.17) is 0 Å². The van der Waals surface area contributed by atoms with E-state index in [1.54, 1.807) is 18.7 Å². The fourth-order valence-electron chi connectivity index (χ4n) is 1.33. The minimum Gasteiger partial charge on any atom is -0.388 e. The summed E-state index contributed by atoms with van der Waals surface area (Å²) in [6.07, 6.45) is 1.33. The maximum absolute atomic E-state index is 10.9. The van der Waals surface area contributed by atoms with Gasteiger partial charge in [0, 0.05) is 30.3 Å². The molecule has 0 aliphatic carbocycles. The van der Waals surface area contributed by atoms with Crippen LogP contribution in [0.3, 0.4) is 0 Å². The van der Waals surface area contributed by atoms with Gasteiger partial charge in [-0.05, 0) is 13.2 Å². The molecule has 17 heavy (non-hydrogen) atoms. The van der Waals surface area contributed by atoms with Crippen molar-refractivity contribution in [2.45, 2.75) is 13.0 Å². The van der Waals surface area contributed by atoms with Gasteiger partial charge < -0.3 is 10.0 Å². The van der Waals surface area contributed by atoms with Crippen molar-refractivity contribution in [1.82, 2.24) is 0 Å². The molecule has 0 aliphatic rings. The van der Waals surface area contributed by atoms with Crippen LogP contribution in [0, 0.1) is 10.1 Å². The topological polar surface area (TPSA) is 66.6 Å². The molecule has 0 saturated heterocycles. The van der Waals surface area contributed by atoms with E-state index in [2.05, 4.69) is 0 Å². The fraction of sp³-hybridized carbons (Fsp3) is 0.600. The van der Waals surface area contributed by atoms with Crippen LogP contribution >= 0.6 is 23.1 Å². The summed E-state index contributed by atoms with van der Waals surface area (Å²) in [5, 5.41) is 21.0. The molecule has 0 aromatic carbocycles. The van der Waals surface area contributed by atoms with Crippen molar-refractivity contribution in [3.05, 3.63) is 21.1 Å². The first-order valence-corrected chi connectivity index (χ1v) is 7.34. The molecule has 0 fully saturated rings. The molecular formula is C10H16N2O3S2. The first-order valence-electron chi connectivity index (χ1n) is 5.13. The smallest absolute Gasteiger partial charge is 0.304 e. The zero-order valence-corrected chi connectivity index (χ0v) is 11.7. The summed E-state index contributed by atoms with van der Waals surface area (Å²) in [5.74, 6) is 0.912. The van der Waals surface area contributed by atoms with E-state index in [0.29, 0.717) is 9.88 Å². The van der Waals surface area contributed by atoms with Crippen molar-refractivity contribution in [3.8, 4) is 0 Å². The molecule has 96 valence electrons. The Labute approximate surface area is 109 Å². The Kier molecular flexibility index (Phi) is 5.23. The van der Waals surface area contributed by atoms with Crippen LogP contribution in [0.2, 0.25) is 0 Å². The summed E-state index contributed by atoms with van der Waals surface area (Å²) in [6, 6.07) is 1.46. The molecular weight excluding hydrogens is 260 g/mol. The molecule has 1 aromatic heterocycles. The third-order valence-electron chi connectivity index (χ3n) is 2.30. The van der Waals surface area contributed by atoms with Gasteiger partial charge >= 0.3 is 5.69 Å². The monoisotopic (exact) mass is 276 g/mol. The minimum atomic E-state index is -0.665. The Morgan fingerprint density at radius 1 is 1.71 bits per heavy atom. The second-order valence-corrected chi connectivity index (χ2v) is 5.73. The van der Waals surface area contributed by atoms with Crippen LogP contribution in [0.5, 0.6) is 0 Å². The number of thioether (sulfide) groups is 1. The highest BCUT2D eigenvalue weighted by molar-refractivity contribution is 7.98. The highest BCUT2D eigenvalue weighted by atomic mass is 32.2. The zero-order chi connectivity index (χ0) is 13.0. The van der Waals surface area contributed by atoms with Crippen LogP contribution in [0.1, 0.15) is 17.9 Å². The van der Waals surface area contributed by atoms with E-state index in [-0.39, 0.29) is 5.69 Å². The summed E-state index contributed by atoms with van der Waals surface area (Å²) in [4.78, 5) is 13.0. The number of hydrogen-bond acceptors (Lipinski definition) is 6. The van der Waals surface area contributed by atoms with Gasteiger partial charge in [-0.2, -0.15) is 11.8 Å². The first kappa shape index (κ1) is 14.3. The molecule has 0 radical (unpaired) electrons. The molecule has 0 unspecified atom stereocenters. The molecule has 0 bridgehead atoms. The molecule has 0 spiro atoms. The van der Waals surface area contributed by atoms with Crippen LogP contribution in [-0.2, 0) is 0 Å². The zero-order valence-electron chi connectivity index (χ0n) is 10.0. The van der Waals surface area contributed by atoms with Gasteiger partial charge in [-0.1, -0.05) is 0 Å². The maximum Gasteiger partial charge on any atom is 0.304 e. The van der Waals surface area contributed by atoms with E-state index in [1.165, 1.54) is 17.4 Å². The fourth-order valence-corrected chi connectivity index (χ4v) is 2.84. The van der Waals surface area contributed by atoms with Crippen LogP contribution in [0.25, 0.3) is 0 Å². The lowest BCUT2D eigenvalue weighted by Gasteiger charge is -2.15. The average molecular weight is 276 g/mol. The van der Waals surface area contributed by atoms with E-state index < -0.39 is 11.0 Å². The number of nitro groups is 1. The SMILES string of the molecule is CSCCN(C)c1sc([C@@H](C)O)cc1[N+](=O)[O-]. The Hall–Kier alpha value is -0.790. The van der Waals surface area contributed by atoms with E-state index in [1.807, 2.05) is 18.2 Å². The average Bonchev–Trinajstić information content (AvgIpc) is 2.70. The predicted octanol–water partition coefficient (Wildman–Crippen LogP) is 2.51. The van der Waals surface area contributed by atoms with Gasteiger partial charge in [0.1, 0.15) is 0 Å². The Balaban J connectivity index is 2.99. The van der Waals surface area contributed by atoms with Crippen molar-refractivity contribution in [2.24, 2.45) is 0 Å². The van der Waals surface area contributed by atoms with E-state index in [9.17, 15) is 15.2 Å². The molecule has 1 heterocycles. The van der Waals surface area contributed by atoms with E-state index in [0.717, 1.165) is 12.3 Å². The Morgan fingerprint density at radius 2 is 2.35 bits per heavy atom. The number of hydrogen-bond donors (Lipinski definition) is 1. The highest BCUT2D eigenvalue weighted by Gasteiger charge is 2.23. The number of thiophene rings is 1. The van der Waals surface area contributed by atoms with Crippen LogP contribution < -0.4 is 4.90 Å². The van der Waals surface area contributed by atoms with Crippen molar-refractivity contribution in [3.63, 3.8) is 0 Å². The van der Waals surface area contributed by atoms with Crippen molar-refractivity contribution in [1.29, 1.82) is 0 Å². The summed E-state index contributed by atoms with van der Waals surface area (Å²) in [7, 11) is 1.83. The van der Waals surface area contributed by atoms with Crippen LogP contribution in [0.15, 0.2) is 6.07 Å². The van der Waals surface area contributed by atoms with Gasteiger partial charge in [-0.3, -0.25) is 10.1 Å². The van der Waals surface area contributed by atoms with Crippen LogP contribution in [0.4, 0.5) is 10.7 Å². The lowest BCUT2D eigenvalue weighted by Crippen LogP contribution is -2.19. The van der Waals surface area contributed by atoms with Gasteiger partial charge in [0.2, 0.25) is 0 Å². The van der Waals surface area contributed by atoms with Gasteiger partial charge in [0.25, 0.3) is 0 Å². The predicted molar refractivity (Wildman–Crippen MR) is 73.3 cm³/mol. The number of anilines is 1. The molecule has 0 saturated carbocycles. The second kappa shape index (κ2) is 6.23. The normalized spacial score (nSPS) is 12.5. The van der Waals surface area contributed by atoms with Crippen molar-refractivity contribution in [2.75, 3.05) is 30.5 Å².